The molecule has 176 valence electrons. The van der Waals surface area contributed by atoms with E-state index in [1.165, 1.54) is 4.90 Å². The SMILES string of the molecule is Cc1ccc(CN2CC3(CCN(C(=S)N(F)c4cc(F)c(F)c(F)c4F)CC3)OC2=O)cc1. The highest BCUT2D eigenvalue weighted by molar-refractivity contribution is 7.80. The first-order valence-corrected chi connectivity index (χ1v) is 10.6. The number of nitrogens with zero attached hydrogens (tertiary/aromatic N) is 3. The average molecular weight is 485 g/mol. The number of thiocarbonyl (C=S) groups is 1. The van der Waals surface area contributed by atoms with Crippen molar-refractivity contribution in [2.75, 3.05) is 24.8 Å². The lowest BCUT2D eigenvalue weighted by Crippen LogP contribution is -2.51. The Balaban J connectivity index is 1.40. The number of halogens is 5. The molecule has 11 heteroatoms. The van der Waals surface area contributed by atoms with Crippen molar-refractivity contribution in [3.63, 3.8) is 0 Å². The molecule has 2 aliphatic heterocycles. The van der Waals surface area contributed by atoms with E-state index in [4.69, 9.17) is 17.0 Å². The molecule has 2 aromatic carbocycles. The number of likely N-dealkylation sites (tertiary alicyclic amines) is 1. The Morgan fingerprint density at radius 3 is 2.36 bits per heavy atom. The molecule has 0 aliphatic carbocycles. The molecule has 0 aromatic heterocycles. The number of rotatable bonds is 3. The maximum absolute atomic E-state index is 14.7. The molecule has 0 unspecified atom stereocenters. The topological polar surface area (TPSA) is 36.0 Å². The van der Waals surface area contributed by atoms with Crippen molar-refractivity contribution in [2.45, 2.75) is 31.9 Å². The average Bonchev–Trinajstić information content (AvgIpc) is 3.10. The van der Waals surface area contributed by atoms with Crippen molar-refractivity contribution in [1.29, 1.82) is 0 Å². The van der Waals surface area contributed by atoms with Gasteiger partial charge in [0.25, 0.3) is 0 Å². The first-order chi connectivity index (χ1) is 15.6. The lowest BCUT2D eigenvalue weighted by atomic mass is 9.91. The van der Waals surface area contributed by atoms with Crippen molar-refractivity contribution in [1.82, 2.24) is 9.80 Å². The highest BCUT2D eigenvalue weighted by Gasteiger charge is 2.47. The highest BCUT2D eigenvalue weighted by Crippen LogP contribution is 2.35. The molecule has 0 atom stereocenters. The summed E-state index contributed by atoms with van der Waals surface area (Å²) in [5, 5.41) is -0.923. The summed E-state index contributed by atoms with van der Waals surface area (Å²) >= 11 is 5.02. The lowest BCUT2D eigenvalue weighted by molar-refractivity contribution is 0.0145. The summed E-state index contributed by atoms with van der Waals surface area (Å²) in [4.78, 5) is 15.4. The summed E-state index contributed by atoms with van der Waals surface area (Å²) in [6.07, 6.45) is 0.204. The summed E-state index contributed by atoms with van der Waals surface area (Å²) in [5.74, 6) is -7.78. The number of benzene rings is 2. The normalized spacial score (nSPS) is 17.5. The molecule has 0 N–H and O–H groups in total. The molecular weight excluding hydrogens is 465 g/mol. The third-order valence-electron chi connectivity index (χ3n) is 5.94. The van der Waals surface area contributed by atoms with Crippen LogP contribution in [-0.4, -0.2) is 46.2 Å². The lowest BCUT2D eigenvalue weighted by Gasteiger charge is -2.39. The minimum Gasteiger partial charge on any atom is -0.441 e. The van der Waals surface area contributed by atoms with Crippen molar-refractivity contribution < 1.29 is 31.6 Å². The minimum atomic E-state index is -2.13. The number of carbonyl (C=O) groups excluding carboxylic acids is 1. The van der Waals surface area contributed by atoms with Gasteiger partial charge in [0.2, 0.25) is 5.11 Å². The number of hydrogen-bond donors (Lipinski definition) is 0. The van der Waals surface area contributed by atoms with E-state index in [-0.39, 0.29) is 19.2 Å². The predicted octanol–water partition coefficient (Wildman–Crippen LogP) is 5.01. The van der Waals surface area contributed by atoms with E-state index in [1.54, 1.807) is 4.90 Å². The summed E-state index contributed by atoms with van der Waals surface area (Å²) in [5.41, 5.74) is 0.139. The van der Waals surface area contributed by atoms with Gasteiger partial charge in [-0.3, -0.25) is 4.90 Å². The first-order valence-electron chi connectivity index (χ1n) is 10.2. The number of hydrogen-bond acceptors (Lipinski definition) is 3. The van der Waals surface area contributed by atoms with E-state index in [0.717, 1.165) is 11.1 Å². The number of carbonyl (C=O) groups is 1. The Labute approximate surface area is 192 Å². The molecule has 2 saturated heterocycles. The maximum atomic E-state index is 14.7. The molecule has 1 spiro atoms. The standard InChI is InChI=1S/C22H20F5N3O2S/c1-13-2-4-14(5-3-13)11-29-12-22(32-21(29)31)6-8-28(9-7-22)20(33)30(27)16-10-15(23)17(24)19(26)18(16)25/h2-5,10H,6-9,11-12H2,1H3. The summed E-state index contributed by atoms with van der Waals surface area (Å²) < 4.78 is 74.4. The maximum Gasteiger partial charge on any atom is 0.410 e. The van der Waals surface area contributed by atoms with Gasteiger partial charge in [-0.1, -0.05) is 34.3 Å². The van der Waals surface area contributed by atoms with E-state index in [9.17, 15) is 26.8 Å². The van der Waals surface area contributed by atoms with Gasteiger partial charge in [-0.15, -0.1) is 5.12 Å². The van der Waals surface area contributed by atoms with Crippen molar-refractivity contribution in [2.24, 2.45) is 0 Å². The van der Waals surface area contributed by atoms with Crippen LogP contribution in [0.2, 0.25) is 0 Å². The van der Waals surface area contributed by atoms with Crippen molar-refractivity contribution in [3.05, 3.63) is 64.7 Å². The molecule has 2 heterocycles. The van der Waals surface area contributed by atoms with Crippen LogP contribution in [0.1, 0.15) is 24.0 Å². The Morgan fingerprint density at radius 2 is 1.73 bits per heavy atom. The Morgan fingerprint density at radius 1 is 1.09 bits per heavy atom. The Hall–Kier alpha value is -2.95. The van der Waals surface area contributed by atoms with Gasteiger partial charge < -0.3 is 9.64 Å². The molecule has 0 bridgehead atoms. The second-order valence-corrected chi connectivity index (χ2v) is 8.63. The van der Waals surface area contributed by atoms with Gasteiger partial charge >= 0.3 is 6.09 Å². The number of ether oxygens (including phenoxy) is 1. The first kappa shape index (κ1) is 23.2. The Kier molecular flexibility index (Phi) is 6.17. The van der Waals surface area contributed by atoms with Gasteiger partial charge in [0.15, 0.2) is 23.3 Å². The highest BCUT2D eigenvalue weighted by atomic mass is 32.1. The number of anilines is 1. The van der Waals surface area contributed by atoms with Crippen molar-refractivity contribution >= 4 is 29.1 Å². The van der Waals surface area contributed by atoms with Crippen LogP contribution >= 0.6 is 12.2 Å². The molecule has 2 aliphatic rings. The van der Waals surface area contributed by atoms with E-state index in [1.807, 2.05) is 31.2 Å². The molecule has 33 heavy (non-hydrogen) atoms. The second kappa shape index (κ2) is 8.77. The molecular formula is C22H20F5N3O2S. The number of amides is 1. The number of piperidine rings is 1. The largest absolute Gasteiger partial charge is 0.441 e. The van der Waals surface area contributed by atoms with Crippen LogP contribution in [0.5, 0.6) is 0 Å². The van der Waals surface area contributed by atoms with Gasteiger partial charge in [0.1, 0.15) is 11.3 Å². The van der Waals surface area contributed by atoms with Crippen LogP contribution < -0.4 is 5.12 Å². The van der Waals surface area contributed by atoms with E-state index in [2.05, 4.69) is 0 Å². The fourth-order valence-electron chi connectivity index (χ4n) is 4.02. The summed E-state index contributed by atoms with van der Waals surface area (Å²) in [6, 6.07) is 7.98. The predicted molar refractivity (Wildman–Crippen MR) is 114 cm³/mol. The molecule has 1 amide bonds. The fourth-order valence-corrected chi connectivity index (χ4v) is 4.31. The zero-order chi connectivity index (χ0) is 23.9. The quantitative estimate of drug-likeness (QED) is 0.201. The third-order valence-corrected chi connectivity index (χ3v) is 6.36. The van der Waals surface area contributed by atoms with Crippen molar-refractivity contribution in [3.8, 4) is 0 Å². The van der Waals surface area contributed by atoms with Gasteiger partial charge in [-0.2, -0.15) is 0 Å². The van der Waals surface area contributed by atoms with Crippen LogP contribution in [0.25, 0.3) is 0 Å². The van der Waals surface area contributed by atoms with E-state index >= 15 is 0 Å². The molecule has 2 aromatic rings. The van der Waals surface area contributed by atoms with E-state index < -0.39 is 50.9 Å². The summed E-state index contributed by atoms with van der Waals surface area (Å²) in [6.45, 7) is 3.04. The van der Waals surface area contributed by atoms with Gasteiger partial charge in [-0.05, 0) is 24.7 Å². The zero-order valence-electron chi connectivity index (χ0n) is 17.6. The molecule has 0 radical (unpaired) electrons. The monoisotopic (exact) mass is 485 g/mol. The molecule has 4 rings (SSSR count). The van der Waals surface area contributed by atoms with Crippen LogP contribution in [-0.2, 0) is 11.3 Å². The van der Waals surface area contributed by atoms with E-state index in [0.29, 0.717) is 25.9 Å². The minimum absolute atomic E-state index is 0.165. The molecule has 0 saturated carbocycles. The smallest absolute Gasteiger partial charge is 0.410 e. The molecule has 2 fully saturated rings. The van der Waals surface area contributed by atoms with Crippen LogP contribution in [0.4, 0.5) is 32.5 Å². The number of aryl methyl sites for hydroxylation is 1. The Bertz CT molecular complexity index is 1090. The zero-order valence-corrected chi connectivity index (χ0v) is 18.4. The second-order valence-electron chi connectivity index (χ2n) is 8.26. The van der Waals surface area contributed by atoms with Gasteiger partial charge in [0.05, 0.1) is 6.54 Å². The third kappa shape index (κ3) is 4.46. The van der Waals surface area contributed by atoms with Crippen LogP contribution in [0.3, 0.4) is 0 Å². The molecule has 5 nitrogen and oxygen atoms in total. The summed E-state index contributed by atoms with van der Waals surface area (Å²) in [7, 11) is 0. The van der Waals surface area contributed by atoms with Crippen LogP contribution in [0.15, 0.2) is 30.3 Å². The van der Waals surface area contributed by atoms with Crippen LogP contribution in [0, 0.1) is 30.2 Å². The van der Waals surface area contributed by atoms with Gasteiger partial charge in [0, 0.05) is 38.5 Å². The van der Waals surface area contributed by atoms with Gasteiger partial charge in [-0.25, -0.2) is 22.4 Å². The fraction of sp³-hybridized carbons (Fsp3) is 0.364.